The van der Waals surface area contributed by atoms with Crippen LogP contribution in [0.15, 0.2) is 18.2 Å². The summed E-state index contributed by atoms with van der Waals surface area (Å²) < 4.78 is 26.8. The van der Waals surface area contributed by atoms with Crippen LogP contribution in [0.2, 0.25) is 0 Å². The molecule has 1 aliphatic heterocycles. The number of benzene rings is 1. The second-order valence-corrected chi connectivity index (χ2v) is 4.69. The average Bonchev–Trinajstić information content (AvgIpc) is 2.59. The summed E-state index contributed by atoms with van der Waals surface area (Å²) in [6.45, 7) is 3.21. The molecule has 0 spiro atoms. The number of carbonyl (C=O) groups excluding carboxylic acids is 2. The minimum atomic E-state index is -1.03. The molecule has 3 amide bonds. The molecule has 4 nitrogen and oxygen atoms in total. The molecule has 0 saturated carbocycles. The van der Waals surface area contributed by atoms with Gasteiger partial charge in [-0.3, -0.25) is 10.1 Å². The number of urea groups is 1. The predicted molar refractivity (Wildman–Crippen MR) is 64.1 cm³/mol. The molecule has 2 rings (SSSR count). The number of halogens is 2. The molecule has 1 aromatic rings. The quantitative estimate of drug-likeness (QED) is 0.854. The van der Waals surface area contributed by atoms with Crippen molar-refractivity contribution in [3.05, 3.63) is 35.4 Å². The largest absolute Gasteiger partial charge is 0.325 e. The zero-order valence-corrected chi connectivity index (χ0v) is 10.7. The normalized spacial score (nSPS) is 22.8. The smallest absolute Gasteiger partial charge is 0.306 e. The summed E-state index contributed by atoms with van der Waals surface area (Å²) in [5.74, 6) is -2.38. The average molecular weight is 268 g/mol. The highest BCUT2D eigenvalue weighted by atomic mass is 19.2. The van der Waals surface area contributed by atoms with Crippen LogP contribution in [-0.4, -0.2) is 22.4 Å². The van der Waals surface area contributed by atoms with Crippen molar-refractivity contribution in [2.75, 3.05) is 0 Å². The zero-order chi connectivity index (χ0) is 14.2. The Balaban J connectivity index is 2.34. The van der Waals surface area contributed by atoms with E-state index in [1.807, 2.05) is 0 Å². The molecule has 0 aliphatic carbocycles. The molecule has 102 valence electrons. The Hall–Kier alpha value is -1.98. The first-order valence-corrected chi connectivity index (χ1v) is 5.96. The second kappa shape index (κ2) is 4.60. The number of nitrogens with zero attached hydrogens (tertiary/aromatic N) is 1. The van der Waals surface area contributed by atoms with Gasteiger partial charge in [-0.2, -0.15) is 0 Å². The van der Waals surface area contributed by atoms with E-state index in [-0.39, 0.29) is 12.1 Å². The topological polar surface area (TPSA) is 49.4 Å². The molecule has 0 aromatic heterocycles. The van der Waals surface area contributed by atoms with Crippen molar-refractivity contribution >= 4 is 11.9 Å². The van der Waals surface area contributed by atoms with Crippen LogP contribution in [0.4, 0.5) is 13.6 Å². The van der Waals surface area contributed by atoms with Crippen molar-refractivity contribution in [3.8, 4) is 0 Å². The highest BCUT2D eigenvalue weighted by Crippen LogP contribution is 2.28. The van der Waals surface area contributed by atoms with E-state index >= 15 is 0 Å². The molecule has 1 heterocycles. The standard InChI is InChI=1S/C13H14F2N2O2/c1-3-13(2)11(18)16-12(19)17(13)7-8-5-4-6-9(14)10(8)15/h4-6H,3,7H2,1-2H3,(H,16,18,19). The SMILES string of the molecule is CCC1(C)C(=O)NC(=O)N1Cc1cccc(F)c1F. The number of hydrogen-bond acceptors (Lipinski definition) is 2. The summed E-state index contributed by atoms with van der Waals surface area (Å²) in [5, 5.41) is 2.19. The third kappa shape index (κ3) is 2.07. The van der Waals surface area contributed by atoms with Gasteiger partial charge in [0.2, 0.25) is 0 Å². The van der Waals surface area contributed by atoms with Crippen LogP contribution < -0.4 is 5.32 Å². The monoisotopic (exact) mass is 268 g/mol. The van der Waals surface area contributed by atoms with Crippen LogP contribution in [0.1, 0.15) is 25.8 Å². The summed E-state index contributed by atoms with van der Waals surface area (Å²) in [6.07, 6.45) is 0.390. The maximum atomic E-state index is 13.6. The van der Waals surface area contributed by atoms with Gasteiger partial charge >= 0.3 is 6.03 Å². The molecule has 1 unspecified atom stereocenters. The Morgan fingerprint density at radius 3 is 2.63 bits per heavy atom. The van der Waals surface area contributed by atoms with E-state index in [1.54, 1.807) is 13.8 Å². The van der Waals surface area contributed by atoms with Crippen LogP contribution in [0, 0.1) is 11.6 Å². The summed E-state index contributed by atoms with van der Waals surface area (Å²) in [4.78, 5) is 24.7. The van der Waals surface area contributed by atoms with E-state index in [9.17, 15) is 18.4 Å². The Labute approximate surface area is 109 Å². The summed E-state index contributed by atoms with van der Waals surface area (Å²) in [5.41, 5.74) is -0.986. The molecule has 6 heteroatoms. The predicted octanol–water partition coefficient (Wildman–Crippen LogP) is 2.19. The van der Waals surface area contributed by atoms with E-state index in [1.165, 1.54) is 17.0 Å². The Bertz CT molecular complexity index is 547. The fraction of sp³-hybridized carbons (Fsp3) is 0.385. The van der Waals surface area contributed by atoms with Gasteiger partial charge in [0.05, 0.1) is 6.54 Å². The van der Waals surface area contributed by atoms with Crippen molar-refractivity contribution in [2.45, 2.75) is 32.4 Å². The van der Waals surface area contributed by atoms with Crippen LogP contribution in [0.3, 0.4) is 0 Å². The van der Waals surface area contributed by atoms with E-state index in [4.69, 9.17) is 0 Å². The van der Waals surface area contributed by atoms with Crippen LogP contribution in [0.5, 0.6) is 0 Å². The van der Waals surface area contributed by atoms with Gasteiger partial charge in [0.15, 0.2) is 11.6 Å². The second-order valence-electron chi connectivity index (χ2n) is 4.69. The fourth-order valence-corrected chi connectivity index (χ4v) is 2.08. The lowest BCUT2D eigenvalue weighted by molar-refractivity contribution is -0.126. The van der Waals surface area contributed by atoms with E-state index in [0.29, 0.717) is 6.42 Å². The fourth-order valence-electron chi connectivity index (χ4n) is 2.08. The third-order valence-corrected chi connectivity index (χ3v) is 3.60. The maximum absolute atomic E-state index is 13.6. The lowest BCUT2D eigenvalue weighted by Gasteiger charge is -2.30. The Kier molecular flexibility index (Phi) is 3.26. The van der Waals surface area contributed by atoms with Gasteiger partial charge in [0.25, 0.3) is 5.91 Å². The molecule has 1 aromatic carbocycles. The number of rotatable bonds is 3. The number of hydrogen-bond donors (Lipinski definition) is 1. The van der Waals surface area contributed by atoms with Gasteiger partial charge in [-0.05, 0) is 19.4 Å². The Morgan fingerprint density at radius 2 is 2.00 bits per heavy atom. The number of carbonyl (C=O) groups is 2. The van der Waals surface area contributed by atoms with Gasteiger partial charge in [0, 0.05) is 5.56 Å². The molecule has 1 fully saturated rings. The first-order chi connectivity index (χ1) is 8.90. The third-order valence-electron chi connectivity index (χ3n) is 3.60. The van der Waals surface area contributed by atoms with Crippen LogP contribution >= 0.6 is 0 Å². The van der Waals surface area contributed by atoms with Crippen molar-refractivity contribution in [3.63, 3.8) is 0 Å². The first-order valence-electron chi connectivity index (χ1n) is 5.96. The molecule has 1 atom stereocenters. The van der Waals surface area contributed by atoms with E-state index < -0.39 is 29.1 Å². The molecule has 0 bridgehead atoms. The minimum Gasteiger partial charge on any atom is -0.306 e. The van der Waals surface area contributed by atoms with E-state index in [0.717, 1.165) is 6.07 Å². The molecular weight excluding hydrogens is 254 g/mol. The first kappa shape index (κ1) is 13.5. The maximum Gasteiger partial charge on any atom is 0.325 e. The number of nitrogens with one attached hydrogen (secondary N) is 1. The van der Waals surface area contributed by atoms with Crippen molar-refractivity contribution in [2.24, 2.45) is 0 Å². The van der Waals surface area contributed by atoms with Gasteiger partial charge < -0.3 is 4.90 Å². The zero-order valence-electron chi connectivity index (χ0n) is 10.7. The molecule has 1 aliphatic rings. The summed E-state index contributed by atoms with van der Waals surface area (Å²) >= 11 is 0. The van der Waals surface area contributed by atoms with Gasteiger partial charge in [-0.15, -0.1) is 0 Å². The molecule has 19 heavy (non-hydrogen) atoms. The highest BCUT2D eigenvalue weighted by molar-refractivity contribution is 6.06. The minimum absolute atomic E-state index is 0.0459. The van der Waals surface area contributed by atoms with Crippen molar-refractivity contribution < 1.29 is 18.4 Å². The van der Waals surface area contributed by atoms with Crippen LogP contribution in [0.25, 0.3) is 0 Å². The van der Waals surface area contributed by atoms with Gasteiger partial charge in [-0.1, -0.05) is 19.1 Å². The Morgan fingerprint density at radius 1 is 1.32 bits per heavy atom. The molecule has 1 saturated heterocycles. The molecule has 0 radical (unpaired) electrons. The van der Waals surface area contributed by atoms with Gasteiger partial charge in [0.1, 0.15) is 5.54 Å². The van der Waals surface area contributed by atoms with Gasteiger partial charge in [-0.25, -0.2) is 13.6 Å². The molecule has 1 N–H and O–H groups in total. The lowest BCUT2D eigenvalue weighted by atomic mass is 9.97. The number of imide groups is 1. The summed E-state index contributed by atoms with van der Waals surface area (Å²) in [7, 11) is 0. The highest BCUT2D eigenvalue weighted by Gasteiger charge is 2.47. The van der Waals surface area contributed by atoms with Crippen molar-refractivity contribution in [1.29, 1.82) is 0 Å². The van der Waals surface area contributed by atoms with Crippen LogP contribution in [-0.2, 0) is 11.3 Å². The van der Waals surface area contributed by atoms with Crippen molar-refractivity contribution in [1.82, 2.24) is 10.2 Å². The lowest BCUT2D eigenvalue weighted by Crippen LogP contribution is -2.46. The van der Waals surface area contributed by atoms with E-state index in [2.05, 4.69) is 5.32 Å². The summed E-state index contributed by atoms with van der Waals surface area (Å²) in [6, 6.07) is 3.18. The number of amides is 3. The molecular formula is C13H14F2N2O2.